The molecule has 2 rings (SSSR count). The summed E-state index contributed by atoms with van der Waals surface area (Å²) >= 11 is 1.15. The maximum atomic E-state index is 13.1. The van der Waals surface area contributed by atoms with Gasteiger partial charge in [-0.1, -0.05) is 0 Å². The molecule has 0 saturated heterocycles. The molecule has 8 heteroatoms. The van der Waals surface area contributed by atoms with Gasteiger partial charge in [0.25, 0.3) is 5.91 Å². The molecule has 1 aromatic heterocycles. The summed E-state index contributed by atoms with van der Waals surface area (Å²) in [5.74, 6) is -1.89. The lowest BCUT2D eigenvalue weighted by atomic mass is 10.2. The Labute approximate surface area is 135 Å². The van der Waals surface area contributed by atoms with E-state index in [1.807, 2.05) is 0 Å². The smallest absolute Gasteiger partial charge is 0.348 e. The van der Waals surface area contributed by atoms with Crippen molar-refractivity contribution in [1.82, 2.24) is 10.2 Å². The minimum Gasteiger partial charge on any atom is -0.451 e. The summed E-state index contributed by atoms with van der Waals surface area (Å²) in [6.45, 7) is -0.645. The molecule has 0 aliphatic rings. The molecule has 0 radical (unpaired) electrons. The van der Waals surface area contributed by atoms with Crippen molar-refractivity contribution in [2.75, 3.05) is 27.2 Å². The van der Waals surface area contributed by atoms with E-state index in [-0.39, 0.29) is 23.1 Å². The highest BCUT2D eigenvalue weighted by Gasteiger charge is 2.14. The van der Waals surface area contributed by atoms with Crippen molar-refractivity contribution in [3.8, 4) is 0 Å². The van der Waals surface area contributed by atoms with Gasteiger partial charge in [-0.05, 0) is 29.7 Å². The second kappa shape index (κ2) is 7.19. The summed E-state index contributed by atoms with van der Waals surface area (Å²) < 4.78 is 18.7. The van der Waals surface area contributed by atoms with E-state index in [4.69, 9.17) is 4.74 Å². The van der Waals surface area contributed by atoms with Crippen molar-refractivity contribution in [2.24, 2.45) is 0 Å². The molecule has 2 aromatic rings. The number of benzene rings is 1. The van der Waals surface area contributed by atoms with E-state index >= 15 is 0 Å². The van der Waals surface area contributed by atoms with Gasteiger partial charge in [-0.25, -0.2) is 9.18 Å². The van der Waals surface area contributed by atoms with Gasteiger partial charge in [0.2, 0.25) is 5.91 Å². The quantitative estimate of drug-likeness (QED) is 0.836. The number of nitrogens with one attached hydrogen (secondary N) is 1. The molecule has 0 aliphatic heterocycles. The number of carbonyl (C=O) groups excluding carboxylic acids is 3. The summed E-state index contributed by atoms with van der Waals surface area (Å²) in [6, 6.07) is 5.72. The lowest BCUT2D eigenvalue weighted by Gasteiger charge is -2.10. The molecule has 1 heterocycles. The van der Waals surface area contributed by atoms with Gasteiger partial charge in [-0.2, -0.15) is 0 Å². The van der Waals surface area contributed by atoms with E-state index in [1.54, 1.807) is 20.2 Å². The van der Waals surface area contributed by atoms with Crippen molar-refractivity contribution in [3.63, 3.8) is 0 Å². The fourth-order valence-corrected chi connectivity index (χ4v) is 2.64. The normalized spacial score (nSPS) is 10.4. The number of hydrogen-bond donors (Lipinski definition) is 1. The predicted molar refractivity (Wildman–Crippen MR) is 83.8 cm³/mol. The Morgan fingerprint density at radius 3 is 2.70 bits per heavy atom. The van der Waals surface area contributed by atoms with Crippen molar-refractivity contribution in [3.05, 3.63) is 35.0 Å². The molecule has 0 bridgehead atoms. The first-order chi connectivity index (χ1) is 10.9. The van der Waals surface area contributed by atoms with Gasteiger partial charge >= 0.3 is 5.97 Å². The second-order valence-electron chi connectivity index (χ2n) is 4.93. The Morgan fingerprint density at radius 1 is 1.26 bits per heavy atom. The molecule has 0 fully saturated rings. The van der Waals surface area contributed by atoms with E-state index in [1.165, 1.54) is 23.1 Å². The van der Waals surface area contributed by atoms with E-state index < -0.39 is 18.5 Å². The maximum absolute atomic E-state index is 13.1. The molecule has 2 amide bonds. The van der Waals surface area contributed by atoms with Gasteiger partial charge < -0.3 is 15.0 Å². The Hall–Kier alpha value is -2.48. The Morgan fingerprint density at radius 2 is 2.00 bits per heavy atom. The first-order valence-corrected chi connectivity index (χ1v) is 7.51. The number of esters is 1. The molecule has 122 valence electrons. The van der Waals surface area contributed by atoms with Crippen LogP contribution >= 0.6 is 11.3 Å². The van der Waals surface area contributed by atoms with E-state index in [9.17, 15) is 18.8 Å². The first-order valence-electron chi connectivity index (χ1n) is 6.70. The summed E-state index contributed by atoms with van der Waals surface area (Å²) in [5.41, 5.74) is 0. The summed E-state index contributed by atoms with van der Waals surface area (Å²) in [6.07, 6.45) is 0. The number of fused-ring (bicyclic) bond motifs is 1. The van der Waals surface area contributed by atoms with Gasteiger partial charge in [0.05, 0.1) is 6.54 Å². The van der Waals surface area contributed by atoms with E-state index in [0.717, 1.165) is 16.0 Å². The number of amides is 2. The van der Waals surface area contributed by atoms with Crippen LogP contribution in [0.1, 0.15) is 9.67 Å². The molecular weight excluding hydrogens is 323 g/mol. The fraction of sp³-hybridized carbons (Fsp3) is 0.267. The minimum atomic E-state index is -0.666. The number of ether oxygens (including phenoxy) is 1. The molecule has 0 unspecified atom stereocenters. The molecule has 1 aromatic carbocycles. The van der Waals surface area contributed by atoms with Gasteiger partial charge in [-0.15, -0.1) is 11.3 Å². The van der Waals surface area contributed by atoms with Gasteiger partial charge in [-0.3, -0.25) is 9.59 Å². The van der Waals surface area contributed by atoms with Crippen molar-refractivity contribution in [2.45, 2.75) is 0 Å². The number of thiophene rings is 1. The first kappa shape index (κ1) is 16.9. The number of carbonyl (C=O) groups is 3. The highest BCUT2D eigenvalue weighted by Crippen LogP contribution is 2.26. The van der Waals surface area contributed by atoms with Crippen LogP contribution in [0.25, 0.3) is 10.1 Å². The van der Waals surface area contributed by atoms with Crippen LogP contribution in [0, 0.1) is 5.82 Å². The van der Waals surface area contributed by atoms with Gasteiger partial charge in [0.15, 0.2) is 6.61 Å². The van der Waals surface area contributed by atoms with Crippen LogP contribution in [0.4, 0.5) is 4.39 Å². The van der Waals surface area contributed by atoms with Crippen LogP contribution in [0.3, 0.4) is 0 Å². The predicted octanol–water partition coefficient (Wildman–Crippen LogP) is 1.40. The zero-order valence-corrected chi connectivity index (χ0v) is 13.4. The summed E-state index contributed by atoms with van der Waals surface area (Å²) in [5, 5.41) is 2.95. The van der Waals surface area contributed by atoms with Crippen molar-refractivity contribution < 1.29 is 23.5 Å². The molecule has 1 N–H and O–H groups in total. The molecule has 0 spiro atoms. The topological polar surface area (TPSA) is 75.7 Å². The van der Waals surface area contributed by atoms with Crippen LogP contribution < -0.4 is 5.32 Å². The molecular formula is C15H15FN2O4S. The number of halogens is 1. The second-order valence-corrected chi connectivity index (χ2v) is 6.02. The van der Waals surface area contributed by atoms with Crippen LogP contribution in [0.5, 0.6) is 0 Å². The molecule has 0 saturated carbocycles. The third kappa shape index (κ3) is 4.49. The summed E-state index contributed by atoms with van der Waals surface area (Å²) in [7, 11) is 3.14. The van der Waals surface area contributed by atoms with Gasteiger partial charge in [0, 0.05) is 18.8 Å². The van der Waals surface area contributed by atoms with Crippen LogP contribution in [-0.4, -0.2) is 49.9 Å². The number of rotatable bonds is 5. The monoisotopic (exact) mass is 338 g/mol. The van der Waals surface area contributed by atoms with Gasteiger partial charge in [0.1, 0.15) is 10.7 Å². The fourth-order valence-electron chi connectivity index (χ4n) is 1.70. The van der Waals surface area contributed by atoms with Crippen LogP contribution in [0.2, 0.25) is 0 Å². The minimum absolute atomic E-state index is 0.161. The zero-order valence-electron chi connectivity index (χ0n) is 12.6. The summed E-state index contributed by atoms with van der Waals surface area (Å²) in [4.78, 5) is 36.3. The average molecular weight is 338 g/mol. The highest BCUT2D eigenvalue weighted by molar-refractivity contribution is 7.20. The standard InChI is InChI=1S/C15H15FN2O4S/c1-18(2)14(20)7-17-13(19)8-22-15(21)12-6-9-5-10(16)3-4-11(9)23-12/h3-6H,7-8H2,1-2H3,(H,17,19). The third-order valence-electron chi connectivity index (χ3n) is 2.95. The van der Waals surface area contributed by atoms with Crippen molar-refractivity contribution >= 4 is 39.2 Å². The lowest BCUT2D eigenvalue weighted by Crippen LogP contribution is -2.38. The van der Waals surface area contributed by atoms with E-state index in [0.29, 0.717) is 5.39 Å². The highest BCUT2D eigenvalue weighted by atomic mass is 32.1. The van der Waals surface area contributed by atoms with Crippen molar-refractivity contribution in [1.29, 1.82) is 0 Å². The number of nitrogens with zero attached hydrogens (tertiary/aromatic N) is 1. The lowest BCUT2D eigenvalue weighted by molar-refractivity contribution is -0.131. The van der Waals surface area contributed by atoms with E-state index in [2.05, 4.69) is 5.32 Å². The SMILES string of the molecule is CN(C)C(=O)CNC(=O)COC(=O)c1cc2cc(F)ccc2s1. The molecule has 6 nitrogen and oxygen atoms in total. The van der Waals surface area contributed by atoms with Crippen LogP contribution in [0.15, 0.2) is 24.3 Å². The van der Waals surface area contributed by atoms with Crippen LogP contribution in [-0.2, 0) is 14.3 Å². The largest absolute Gasteiger partial charge is 0.451 e. The maximum Gasteiger partial charge on any atom is 0.348 e. The average Bonchev–Trinajstić information content (AvgIpc) is 2.93. The number of likely N-dealkylation sites (N-methyl/N-ethyl adjacent to an activating group) is 1. The molecule has 0 aliphatic carbocycles. The molecule has 0 atom stereocenters. The Balaban J connectivity index is 1.88. The Kier molecular flexibility index (Phi) is 5.28. The third-order valence-corrected chi connectivity index (χ3v) is 4.05. The molecule has 23 heavy (non-hydrogen) atoms. The Bertz CT molecular complexity index is 757. The number of hydrogen-bond acceptors (Lipinski definition) is 5. The zero-order chi connectivity index (χ0) is 17.0.